The van der Waals surface area contributed by atoms with Crippen LogP contribution < -0.4 is 0 Å². The van der Waals surface area contributed by atoms with E-state index in [0.29, 0.717) is 5.56 Å². The van der Waals surface area contributed by atoms with E-state index in [2.05, 4.69) is 0 Å². The molecule has 0 bridgehead atoms. The van der Waals surface area contributed by atoms with Gasteiger partial charge >= 0.3 is 5.97 Å². The summed E-state index contributed by atoms with van der Waals surface area (Å²) in [5.41, 5.74) is 0.566. The normalized spacial score (nSPS) is 14.3. The SMILES string of the molecule is O=C(O)CN(C(=O)Cc1cccc(F)c1)C1CC1. The van der Waals surface area contributed by atoms with Gasteiger partial charge in [-0.15, -0.1) is 0 Å². The number of carbonyl (C=O) groups is 2. The van der Waals surface area contributed by atoms with Crippen molar-refractivity contribution in [2.75, 3.05) is 6.54 Å². The molecule has 1 aliphatic rings. The van der Waals surface area contributed by atoms with Gasteiger partial charge in [-0.2, -0.15) is 0 Å². The molecule has 5 heteroatoms. The summed E-state index contributed by atoms with van der Waals surface area (Å²) >= 11 is 0. The molecule has 1 fully saturated rings. The van der Waals surface area contributed by atoms with Gasteiger partial charge in [0.15, 0.2) is 0 Å². The van der Waals surface area contributed by atoms with E-state index < -0.39 is 11.8 Å². The summed E-state index contributed by atoms with van der Waals surface area (Å²) in [6.45, 7) is -0.279. The highest BCUT2D eigenvalue weighted by molar-refractivity contribution is 5.83. The standard InChI is InChI=1S/C13H14FNO3/c14-10-3-1-2-9(6-10)7-12(16)15(8-13(17)18)11-4-5-11/h1-3,6,11H,4-5,7-8H2,(H,17,18). The number of hydrogen-bond donors (Lipinski definition) is 1. The minimum Gasteiger partial charge on any atom is -0.480 e. The van der Waals surface area contributed by atoms with Gasteiger partial charge in [0.2, 0.25) is 5.91 Å². The van der Waals surface area contributed by atoms with Crippen LogP contribution in [0.25, 0.3) is 0 Å². The van der Waals surface area contributed by atoms with Crippen LogP contribution >= 0.6 is 0 Å². The van der Waals surface area contributed by atoms with Crippen molar-refractivity contribution in [3.8, 4) is 0 Å². The summed E-state index contributed by atoms with van der Waals surface area (Å²) in [6.07, 6.45) is 1.74. The first-order valence-corrected chi connectivity index (χ1v) is 5.82. The van der Waals surface area contributed by atoms with Crippen LogP contribution in [-0.4, -0.2) is 34.5 Å². The fourth-order valence-corrected chi connectivity index (χ4v) is 1.88. The van der Waals surface area contributed by atoms with E-state index in [-0.39, 0.29) is 24.9 Å². The van der Waals surface area contributed by atoms with Crippen molar-refractivity contribution in [1.29, 1.82) is 0 Å². The zero-order chi connectivity index (χ0) is 13.1. The Morgan fingerprint density at radius 2 is 2.11 bits per heavy atom. The predicted molar refractivity (Wildman–Crippen MR) is 62.5 cm³/mol. The molecule has 0 heterocycles. The number of benzene rings is 1. The second kappa shape index (κ2) is 5.16. The topological polar surface area (TPSA) is 57.6 Å². The van der Waals surface area contributed by atoms with E-state index >= 15 is 0 Å². The Labute approximate surface area is 104 Å². The van der Waals surface area contributed by atoms with Crippen molar-refractivity contribution in [2.24, 2.45) is 0 Å². The zero-order valence-corrected chi connectivity index (χ0v) is 9.80. The van der Waals surface area contributed by atoms with Crippen LogP contribution in [0.5, 0.6) is 0 Å². The predicted octanol–water partition coefficient (Wildman–Crippen LogP) is 1.44. The van der Waals surface area contributed by atoms with Crippen LogP contribution in [0.1, 0.15) is 18.4 Å². The van der Waals surface area contributed by atoms with Gasteiger partial charge in [-0.1, -0.05) is 12.1 Å². The van der Waals surface area contributed by atoms with Gasteiger partial charge in [0.05, 0.1) is 6.42 Å². The summed E-state index contributed by atoms with van der Waals surface area (Å²) in [6, 6.07) is 5.85. The third-order valence-electron chi connectivity index (χ3n) is 2.86. The Balaban J connectivity index is 2.02. The van der Waals surface area contributed by atoms with Crippen LogP contribution in [0, 0.1) is 5.82 Å². The number of rotatable bonds is 5. The number of hydrogen-bond acceptors (Lipinski definition) is 2. The highest BCUT2D eigenvalue weighted by Crippen LogP contribution is 2.27. The van der Waals surface area contributed by atoms with Gasteiger partial charge in [0.1, 0.15) is 12.4 Å². The van der Waals surface area contributed by atoms with Gasteiger partial charge < -0.3 is 10.0 Å². The molecular formula is C13H14FNO3. The van der Waals surface area contributed by atoms with Gasteiger partial charge in [-0.3, -0.25) is 9.59 Å². The monoisotopic (exact) mass is 251 g/mol. The van der Waals surface area contributed by atoms with E-state index in [1.54, 1.807) is 6.07 Å². The second-order valence-electron chi connectivity index (χ2n) is 4.45. The number of amides is 1. The van der Waals surface area contributed by atoms with Crippen LogP contribution in [0.2, 0.25) is 0 Å². The Bertz CT molecular complexity index is 471. The van der Waals surface area contributed by atoms with Crippen molar-refractivity contribution in [3.63, 3.8) is 0 Å². The van der Waals surface area contributed by atoms with Gasteiger partial charge in [0.25, 0.3) is 0 Å². The number of halogens is 1. The van der Waals surface area contributed by atoms with Crippen molar-refractivity contribution in [2.45, 2.75) is 25.3 Å². The molecule has 1 aromatic rings. The minimum absolute atomic E-state index is 0.0432. The summed E-state index contributed by atoms with van der Waals surface area (Å²) in [5.74, 6) is -1.67. The summed E-state index contributed by atoms with van der Waals surface area (Å²) in [4.78, 5) is 24.0. The third-order valence-corrected chi connectivity index (χ3v) is 2.86. The van der Waals surface area contributed by atoms with Gasteiger partial charge in [-0.25, -0.2) is 4.39 Å². The lowest BCUT2D eigenvalue weighted by Gasteiger charge is -2.20. The number of aliphatic carboxylic acids is 1. The lowest BCUT2D eigenvalue weighted by Crippen LogP contribution is -2.38. The molecule has 1 saturated carbocycles. The molecule has 1 N–H and O–H groups in total. The Kier molecular flexibility index (Phi) is 3.60. The van der Waals surface area contributed by atoms with Crippen molar-refractivity contribution in [1.82, 2.24) is 4.90 Å². The second-order valence-corrected chi connectivity index (χ2v) is 4.45. The molecule has 0 atom stereocenters. The Morgan fingerprint density at radius 1 is 1.39 bits per heavy atom. The molecular weight excluding hydrogens is 237 g/mol. The molecule has 0 radical (unpaired) electrons. The largest absolute Gasteiger partial charge is 0.480 e. The molecule has 1 aliphatic carbocycles. The summed E-state index contributed by atoms with van der Waals surface area (Å²) < 4.78 is 13.0. The molecule has 0 unspecified atom stereocenters. The number of carbonyl (C=O) groups excluding carboxylic acids is 1. The summed E-state index contributed by atoms with van der Waals surface area (Å²) in [5, 5.41) is 8.77. The summed E-state index contributed by atoms with van der Waals surface area (Å²) in [7, 11) is 0. The molecule has 2 rings (SSSR count). The molecule has 96 valence electrons. The maximum Gasteiger partial charge on any atom is 0.323 e. The Morgan fingerprint density at radius 3 is 2.67 bits per heavy atom. The highest BCUT2D eigenvalue weighted by atomic mass is 19.1. The third kappa shape index (κ3) is 3.29. The molecule has 1 amide bonds. The lowest BCUT2D eigenvalue weighted by atomic mass is 10.1. The maximum atomic E-state index is 13.0. The van der Waals surface area contributed by atoms with Crippen LogP contribution in [-0.2, 0) is 16.0 Å². The van der Waals surface area contributed by atoms with E-state index in [4.69, 9.17) is 5.11 Å². The quantitative estimate of drug-likeness (QED) is 0.861. The first kappa shape index (κ1) is 12.5. The average Bonchev–Trinajstić information content (AvgIpc) is 3.09. The first-order chi connectivity index (χ1) is 8.56. The van der Waals surface area contributed by atoms with Crippen molar-refractivity contribution in [3.05, 3.63) is 35.6 Å². The highest BCUT2D eigenvalue weighted by Gasteiger charge is 2.33. The molecule has 4 nitrogen and oxygen atoms in total. The minimum atomic E-state index is -1.02. The lowest BCUT2D eigenvalue weighted by molar-refractivity contribution is -0.144. The van der Waals surface area contributed by atoms with E-state index in [1.165, 1.54) is 23.1 Å². The van der Waals surface area contributed by atoms with E-state index in [0.717, 1.165) is 12.8 Å². The first-order valence-electron chi connectivity index (χ1n) is 5.82. The Hall–Kier alpha value is -1.91. The number of carboxylic acid groups (broad SMARTS) is 1. The van der Waals surface area contributed by atoms with E-state index in [9.17, 15) is 14.0 Å². The van der Waals surface area contributed by atoms with Crippen LogP contribution in [0.4, 0.5) is 4.39 Å². The fraction of sp³-hybridized carbons (Fsp3) is 0.385. The van der Waals surface area contributed by atoms with Crippen molar-refractivity contribution < 1.29 is 19.1 Å². The molecule has 0 spiro atoms. The molecule has 0 aliphatic heterocycles. The van der Waals surface area contributed by atoms with Crippen LogP contribution in [0.3, 0.4) is 0 Å². The van der Waals surface area contributed by atoms with Gasteiger partial charge in [0, 0.05) is 6.04 Å². The smallest absolute Gasteiger partial charge is 0.323 e. The fourth-order valence-electron chi connectivity index (χ4n) is 1.88. The maximum absolute atomic E-state index is 13.0. The van der Waals surface area contributed by atoms with Crippen LogP contribution in [0.15, 0.2) is 24.3 Å². The van der Waals surface area contributed by atoms with Gasteiger partial charge in [-0.05, 0) is 30.5 Å². The van der Waals surface area contributed by atoms with E-state index in [1.807, 2.05) is 0 Å². The average molecular weight is 251 g/mol. The number of carboxylic acids is 1. The number of nitrogens with zero attached hydrogens (tertiary/aromatic N) is 1. The van der Waals surface area contributed by atoms with Crippen molar-refractivity contribution >= 4 is 11.9 Å². The molecule has 0 saturated heterocycles. The zero-order valence-electron chi connectivity index (χ0n) is 9.80. The molecule has 18 heavy (non-hydrogen) atoms. The molecule has 0 aromatic heterocycles. The molecule has 1 aromatic carbocycles.